The van der Waals surface area contributed by atoms with Crippen LogP contribution in [0.2, 0.25) is 0 Å². The molecule has 0 radical (unpaired) electrons. The van der Waals surface area contributed by atoms with Crippen molar-refractivity contribution in [2.24, 2.45) is 35.3 Å². The Hall–Kier alpha value is -4.28. The first-order valence-electron chi connectivity index (χ1n) is 24.2. The molecule has 0 aromatic heterocycles. The number of hydrogen-bond acceptors (Lipinski definition) is 10. The third-order valence-corrected chi connectivity index (χ3v) is 13.8. The van der Waals surface area contributed by atoms with Gasteiger partial charge in [-0.05, 0) is 94.1 Å². The number of rotatable bonds is 14. The van der Waals surface area contributed by atoms with Gasteiger partial charge in [-0.25, -0.2) is 4.79 Å². The molecule has 2 bridgehead atoms. The minimum absolute atomic E-state index is 0.0210. The van der Waals surface area contributed by atoms with Gasteiger partial charge >= 0.3 is 6.09 Å². The lowest BCUT2D eigenvalue weighted by Gasteiger charge is -2.36. The fourth-order valence-electron chi connectivity index (χ4n) is 10.2. The molecule has 5 rings (SSSR count). The lowest BCUT2D eigenvalue weighted by Crippen LogP contribution is -2.62. The number of hydrogen-bond donors (Lipinski definition) is 6. The zero-order valence-corrected chi connectivity index (χ0v) is 38.8. The van der Waals surface area contributed by atoms with E-state index < -0.39 is 72.0 Å². The zero-order chi connectivity index (χ0) is 46.0. The van der Waals surface area contributed by atoms with Crippen molar-refractivity contribution < 1.29 is 43.0 Å². The normalized spacial score (nSPS) is 30.7. The van der Waals surface area contributed by atoms with Crippen molar-refractivity contribution in [2.45, 2.75) is 160 Å². The smallest absolute Gasteiger partial charge is 0.407 e. The van der Waals surface area contributed by atoms with E-state index in [0.717, 1.165) is 44.1 Å². The van der Waals surface area contributed by atoms with E-state index in [1.807, 2.05) is 44.2 Å². The zero-order valence-electron chi connectivity index (χ0n) is 38.8. The van der Waals surface area contributed by atoms with Crippen LogP contribution in [0.1, 0.15) is 123 Å². The molecule has 1 aromatic rings. The molecule has 1 aliphatic heterocycles. The second-order valence-corrected chi connectivity index (χ2v) is 19.0. The Morgan fingerprint density at radius 3 is 2.19 bits per heavy atom. The average molecular weight is 896 g/mol. The first-order chi connectivity index (χ1) is 30.9. The van der Waals surface area contributed by atoms with E-state index in [2.05, 4.69) is 26.6 Å². The van der Waals surface area contributed by atoms with Gasteiger partial charge in [0.2, 0.25) is 29.5 Å². The summed E-state index contributed by atoms with van der Waals surface area (Å²) >= 11 is 0. The molecule has 1 saturated heterocycles. The van der Waals surface area contributed by atoms with Gasteiger partial charge in [-0.1, -0.05) is 89.1 Å². The predicted octanol–water partition coefficient (Wildman–Crippen LogP) is 4.09. The van der Waals surface area contributed by atoms with Crippen LogP contribution in [0.4, 0.5) is 4.79 Å². The van der Waals surface area contributed by atoms with Crippen LogP contribution >= 0.6 is 0 Å². The Balaban J connectivity index is 1.46. The van der Waals surface area contributed by atoms with Gasteiger partial charge in [-0.3, -0.25) is 24.0 Å². The number of benzene rings is 1. The lowest BCUT2D eigenvalue weighted by atomic mass is 9.77. The summed E-state index contributed by atoms with van der Waals surface area (Å²) in [6.45, 7) is 5.74. The summed E-state index contributed by atoms with van der Waals surface area (Å²) in [5.41, 5.74) is 6.46. The molecule has 358 valence electrons. The molecule has 0 spiro atoms. The van der Waals surface area contributed by atoms with Gasteiger partial charge in [0.15, 0.2) is 0 Å². The summed E-state index contributed by atoms with van der Waals surface area (Å²) in [6.07, 6.45) is 11.9. The van der Waals surface area contributed by atoms with Gasteiger partial charge in [-0.15, -0.1) is 0 Å². The molecular weight excluding hydrogens is 819 g/mol. The van der Waals surface area contributed by atoms with E-state index in [9.17, 15) is 28.8 Å². The van der Waals surface area contributed by atoms with Gasteiger partial charge in [-0.2, -0.15) is 0 Å². The largest absolute Gasteiger partial charge is 0.445 e. The molecule has 6 amide bonds. The number of nitrogens with two attached hydrogens (primary N) is 1. The van der Waals surface area contributed by atoms with Crippen molar-refractivity contribution in [1.29, 1.82) is 0 Å². The maximum atomic E-state index is 14.6. The molecule has 10 atom stereocenters. The predicted molar refractivity (Wildman–Crippen MR) is 242 cm³/mol. The van der Waals surface area contributed by atoms with Crippen LogP contribution in [0.15, 0.2) is 30.3 Å². The van der Waals surface area contributed by atoms with E-state index in [-0.39, 0.29) is 44.8 Å². The molecule has 16 nitrogen and oxygen atoms in total. The summed E-state index contributed by atoms with van der Waals surface area (Å²) in [4.78, 5) is 86.6. The number of nitrogens with one attached hydrogen (secondary N) is 5. The molecule has 16 heteroatoms. The molecule has 3 aliphatic carbocycles. The molecule has 1 aromatic carbocycles. The number of ether oxygens (including phenoxy) is 3. The average Bonchev–Trinajstić information content (AvgIpc) is 3.43. The Kier molecular flexibility index (Phi) is 20.6. The third kappa shape index (κ3) is 15.4. The van der Waals surface area contributed by atoms with Gasteiger partial charge in [0, 0.05) is 19.7 Å². The highest BCUT2D eigenvalue weighted by Crippen LogP contribution is 2.46. The minimum Gasteiger partial charge on any atom is -0.445 e. The SMILES string of the molecule is CCC[C@H]1C(=O)N[C@@H](C2CCCCCC2)C(=O)N[C@@H](CNC(=O)OCc2ccccc2)C(=O)N[C@@H](COCCCN)C(=O)N[C@H](C)CO[C@H](C[C@H]2CC3CC[C@H](C3)C2)[C@@H](C)C(=O)N1C. The van der Waals surface area contributed by atoms with Crippen LogP contribution in [0.25, 0.3) is 0 Å². The number of carbonyl (C=O) groups excluding carboxylic acids is 6. The number of alkyl carbamates (subject to hydrolysis) is 1. The fourth-order valence-corrected chi connectivity index (χ4v) is 10.2. The highest BCUT2D eigenvalue weighted by atomic mass is 16.5. The van der Waals surface area contributed by atoms with Crippen LogP contribution in [-0.4, -0.2) is 117 Å². The summed E-state index contributed by atoms with van der Waals surface area (Å²) in [6, 6.07) is 4.07. The fraction of sp³-hybridized carbons (Fsp3) is 0.750. The van der Waals surface area contributed by atoms with Crippen LogP contribution < -0.4 is 32.3 Å². The van der Waals surface area contributed by atoms with E-state index in [1.54, 1.807) is 14.0 Å². The van der Waals surface area contributed by atoms with Crippen molar-refractivity contribution in [2.75, 3.05) is 40.0 Å². The second-order valence-electron chi connectivity index (χ2n) is 19.0. The van der Waals surface area contributed by atoms with E-state index >= 15 is 0 Å². The number of nitrogens with zero attached hydrogens (tertiary/aromatic N) is 1. The Bertz CT molecular complexity index is 1650. The molecular formula is C48H77N7O9. The molecule has 4 fully saturated rings. The monoisotopic (exact) mass is 896 g/mol. The third-order valence-electron chi connectivity index (χ3n) is 13.8. The number of amides is 6. The Morgan fingerprint density at radius 1 is 0.844 bits per heavy atom. The van der Waals surface area contributed by atoms with Crippen LogP contribution in [0.5, 0.6) is 0 Å². The Labute approximate surface area is 380 Å². The number of fused-ring (bicyclic) bond motifs is 2. The first kappa shape index (κ1) is 50.7. The van der Waals surface area contributed by atoms with Gasteiger partial charge in [0.1, 0.15) is 30.8 Å². The molecule has 3 saturated carbocycles. The van der Waals surface area contributed by atoms with Crippen molar-refractivity contribution in [3.63, 3.8) is 0 Å². The van der Waals surface area contributed by atoms with E-state index in [0.29, 0.717) is 62.8 Å². The second kappa shape index (κ2) is 26.0. The molecule has 4 aliphatic rings. The molecule has 1 heterocycles. The van der Waals surface area contributed by atoms with Crippen LogP contribution in [0.3, 0.4) is 0 Å². The standard InChI is InChI=1S/C48H77N7O9/c1-5-14-40-45(58)54-42(37-17-11-6-7-12-18-37)46(59)52-38(27-50-48(61)64-29-33-15-9-8-10-16-33)43(56)53-39(30-62-22-13-21-49)44(57)51-31(2)28-63-41(32(3)47(60)55(40)4)26-36-24-34-19-20-35(23-34)25-36/h8-10,15-16,31-32,34-42H,5-7,11-14,17-30,49H2,1-4H3,(H,50,61)(H,51,57)(H,52,59)(H,53,56)(H,54,58)/t31-,32-,34-,35?,36-,38+,39+,40+,41-,42+/m1/s1. The maximum absolute atomic E-state index is 14.6. The highest BCUT2D eigenvalue weighted by Gasteiger charge is 2.41. The highest BCUT2D eigenvalue weighted by molar-refractivity contribution is 5.96. The first-order valence-corrected chi connectivity index (χ1v) is 24.2. The van der Waals surface area contributed by atoms with Gasteiger partial charge in [0.05, 0.1) is 31.8 Å². The van der Waals surface area contributed by atoms with Gasteiger partial charge in [0.25, 0.3) is 0 Å². The van der Waals surface area contributed by atoms with E-state index in [1.165, 1.54) is 24.2 Å². The molecule has 64 heavy (non-hydrogen) atoms. The lowest BCUT2D eigenvalue weighted by molar-refractivity contribution is -0.147. The number of carbonyl (C=O) groups is 6. The molecule has 7 N–H and O–H groups in total. The molecule has 1 unspecified atom stereocenters. The van der Waals surface area contributed by atoms with Crippen LogP contribution in [-0.2, 0) is 44.8 Å². The van der Waals surface area contributed by atoms with Gasteiger partial charge < -0.3 is 51.4 Å². The topological polar surface area (TPSA) is 220 Å². The van der Waals surface area contributed by atoms with E-state index in [4.69, 9.17) is 19.9 Å². The maximum Gasteiger partial charge on any atom is 0.407 e. The minimum atomic E-state index is -1.39. The van der Waals surface area contributed by atoms with Crippen molar-refractivity contribution in [1.82, 2.24) is 31.5 Å². The van der Waals surface area contributed by atoms with Crippen molar-refractivity contribution >= 4 is 35.6 Å². The van der Waals surface area contributed by atoms with Crippen molar-refractivity contribution in [3.8, 4) is 0 Å². The summed E-state index contributed by atoms with van der Waals surface area (Å²) in [5, 5.41) is 14.2. The Morgan fingerprint density at radius 2 is 1.52 bits per heavy atom. The number of likely N-dealkylation sites (N-methyl/N-ethyl adjacent to an activating group) is 1. The van der Waals surface area contributed by atoms with Crippen molar-refractivity contribution in [3.05, 3.63) is 35.9 Å². The summed E-state index contributed by atoms with van der Waals surface area (Å²) in [5.74, 6) is -1.64. The summed E-state index contributed by atoms with van der Waals surface area (Å²) < 4.78 is 17.8. The van der Waals surface area contributed by atoms with Crippen LogP contribution in [0, 0.1) is 29.6 Å². The summed E-state index contributed by atoms with van der Waals surface area (Å²) in [7, 11) is 1.65. The quantitative estimate of drug-likeness (QED) is 0.116.